The van der Waals surface area contributed by atoms with E-state index in [1.807, 2.05) is 0 Å². The smallest absolute Gasteiger partial charge is 0.241 e. The molecule has 0 unspecified atom stereocenters. The summed E-state index contributed by atoms with van der Waals surface area (Å²) in [5, 5.41) is 0.620. The van der Waals surface area contributed by atoms with E-state index in [9.17, 15) is 13.2 Å². The normalized spacial score (nSPS) is 12.3. The van der Waals surface area contributed by atoms with Gasteiger partial charge in [0, 0.05) is 4.90 Å². The van der Waals surface area contributed by atoms with Crippen LogP contribution < -0.4 is 0 Å². The Morgan fingerprint density at radius 1 is 1.33 bits per heavy atom. The molecule has 0 N–H and O–H groups in total. The second kappa shape index (κ2) is 3.38. The molecule has 15 heavy (non-hydrogen) atoms. The Bertz CT molecular complexity index is 516. The van der Waals surface area contributed by atoms with Crippen LogP contribution in [-0.4, -0.2) is 4.98 Å². The Hall–Kier alpha value is -0.750. The molecule has 2 aromatic rings. The first-order valence-electron chi connectivity index (χ1n) is 4.05. The number of hydrogen-bond acceptors (Lipinski definition) is 3. The van der Waals surface area contributed by atoms with Gasteiger partial charge in [0.15, 0.2) is 0 Å². The molecule has 2 rings (SSSR count). The Kier molecular flexibility index (Phi) is 2.42. The molecule has 1 nitrogen and oxygen atoms in total. The van der Waals surface area contributed by atoms with Crippen LogP contribution in [0, 0.1) is 6.92 Å². The van der Waals surface area contributed by atoms with Crippen LogP contribution in [0.25, 0.3) is 10.2 Å². The van der Waals surface area contributed by atoms with E-state index >= 15 is 0 Å². The van der Waals surface area contributed by atoms with Crippen LogP contribution in [0.15, 0.2) is 17.0 Å². The lowest BCUT2D eigenvalue weighted by Gasteiger charge is -2.07. The highest BCUT2D eigenvalue weighted by Gasteiger charge is 2.34. The van der Waals surface area contributed by atoms with E-state index in [0.29, 0.717) is 14.6 Å². The van der Waals surface area contributed by atoms with Gasteiger partial charge < -0.3 is 0 Å². The zero-order valence-corrected chi connectivity index (χ0v) is 9.30. The van der Waals surface area contributed by atoms with Gasteiger partial charge in [0.05, 0.1) is 20.8 Å². The fraction of sp³-hybridized carbons (Fsp3) is 0.222. The number of alkyl halides is 3. The lowest BCUT2D eigenvalue weighted by Crippen LogP contribution is -2.05. The Morgan fingerprint density at radius 2 is 2.00 bits per heavy atom. The molecule has 0 saturated heterocycles. The maximum Gasteiger partial charge on any atom is 0.418 e. The third-order valence-electron chi connectivity index (χ3n) is 1.89. The summed E-state index contributed by atoms with van der Waals surface area (Å²) in [6, 6.07) is 2.60. The maximum atomic E-state index is 12.6. The van der Waals surface area contributed by atoms with E-state index in [1.54, 1.807) is 13.0 Å². The van der Waals surface area contributed by atoms with Crippen LogP contribution >= 0.6 is 24.0 Å². The van der Waals surface area contributed by atoms with E-state index in [0.717, 1.165) is 6.07 Å². The van der Waals surface area contributed by atoms with Crippen LogP contribution in [0.5, 0.6) is 0 Å². The van der Waals surface area contributed by atoms with Gasteiger partial charge in [-0.05, 0) is 19.1 Å². The van der Waals surface area contributed by atoms with Gasteiger partial charge in [-0.25, -0.2) is 4.98 Å². The van der Waals surface area contributed by atoms with Crippen molar-refractivity contribution in [2.75, 3.05) is 0 Å². The first-order valence-corrected chi connectivity index (χ1v) is 5.31. The Labute approximate surface area is 93.4 Å². The summed E-state index contributed by atoms with van der Waals surface area (Å²) in [6.45, 7) is 1.68. The molecule has 0 fully saturated rings. The van der Waals surface area contributed by atoms with Crippen molar-refractivity contribution in [3.8, 4) is 0 Å². The molecule has 0 aliphatic carbocycles. The molecule has 1 aromatic carbocycles. The number of thiol groups is 1. The lowest BCUT2D eigenvalue weighted by atomic mass is 10.2. The summed E-state index contributed by atoms with van der Waals surface area (Å²) in [5.74, 6) is 0. The highest BCUT2D eigenvalue weighted by molar-refractivity contribution is 7.80. The molecule has 0 atom stereocenters. The molecule has 0 radical (unpaired) electrons. The van der Waals surface area contributed by atoms with Crippen molar-refractivity contribution < 1.29 is 13.2 Å². The molecular formula is C9H6F3NS2. The van der Waals surface area contributed by atoms with Gasteiger partial charge >= 0.3 is 6.18 Å². The van der Waals surface area contributed by atoms with Crippen molar-refractivity contribution in [3.63, 3.8) is 0 Å². The van der Waals surface area contributed by atoms with Crippen LogP contribution in [0.3, 0.4) is 0 Å². The zero-order valence-electron chi connectivity index (χ0n) is 7.59. The minimum absolute atomic E-state index is 0.0165. The first kappa shape index (κ1) is 10.8. The molecule has 6 heteroatoms. The molecule has 0 aliphatic heterocycles. The summed E-state index contributed by atoms with van der Waals surface area (Å²) < 4.78 is 38.4. The fourth-order valence-corrected chi connectivity index (χ4v) is 2.58. The predicted molar refractivity (Wildman–Crippen MR) is 56.6 cm³/mol. The number of benzene rings is 1. The van der Waals surface area contributed by atoms with Gasteiger partial charge in [-0.2, -0.15) is 13.2 Å². The number of fused-ring (bicyclic) bond motifs is 1. The van der Waals surface area contributed by atoms with E-state index < -0.39 is 11.7 Å². The molecule has 0 aliphatic rings. The topological polar surface area (TPSA) is 12.9 Å². The second-order valence-corrected chi connectivity index (χ2v) is 4.82. The Balaban J connectivity index is 2.82. The van der Waals surface area contributed by atoms with Crippen LogP contribution in [0.4, 0.5) is 13.2 Å². The highest BCUT2D eigenvalue weighted by Crippen LogP contribution is 2.37. The zero-order chi connectivity index (χ0) is 11.2. The van der Waals surface area contributed by atoms with Crippen LogP contribution in [0.1, 0.15) is 10.6 Å². The van der Waals surface area contributed by atoms with E-state index in [1.165, 1.54) is 11.3 Å². The number of hydrogen-bond donors (Lipinski definition) is 1. The van der Waals surface area contributed by atoms with Gasteiger partial charge in [0.25, 0.3) is 0 Å². The molecule has 0 spiro atoms. The van der Waals surface area contributed by atoms with Crippen molar-refractivity contribution in [2.45, 2.75) is 18.0 Å². The highest BCUT2D eigenvalue weighted by atomic mass is 32.1. The van der Waals surface area contributed by atoms with E-state index in [2.05, 4.69) is 17.6 Å². The molecule has 1 heterocycles. The largest absolute Gasteiger partial charge is 0.418 e. The van der Waals surface area contributed by atoms with Gasteiger partial charge in [-0.15, -0.1) is 24.0 Å². The molecule has 0 bridgehead atoms. The summed E-state index contributed by atoms with van der Waals surface area (Å²) in [7, 11) is 0. The predicted octanol–water partition coefficient (Wildman–Crippen LogP) is 3.91. The van der Waals surface area contributed by atoms with Gasteiger partial charge in [-0.3, -0.25) is 0 Å². The molecule has 0 saturated carbocycles. The minimum Gasteiger partial charge on any atom is -0.241 e. The third-order valence-corrected chi connectivity index (χ3v) is 3.07. The minimum atomic E-state index is -4.38. The quantitative estimate of drug-likeness (QED) is 0.698. The number of nitrogens with zero attached hydrogens (tertiary/aromatic N) is 1. The van der Waals surface area contributed by atoms with Crippen molar-refractivity contribution in [1.82, 2.24) is 4.98 Å². The number of aromatic nitrogens is 1. The van der Waals surface area contributed by atoms with Gasteiger partial charge in [0.1, 0.15) is 0 Å². The Morgan fingerprint density at radius 3 is 2.60 bits per heavy atom. The first-order chi connectivity index (χ1) is 6.88. The average molecular weight is 249 g/mol. The van der Waals surface area contributed by atoms with Crippen molar-refractivity contribution in [3.05, 3.63) is 22.7 Å². The van der Waals surface area contributed by atoms with Crippen molar-refractivity contribution in [2.24, 2.45) is 0 Å². The monoisotopic (exact) mass is 249 g/mol. The van der Waals surface area contributed by atoms with Crippen LogP contribution in [-0.2, 0) is 6.18 Å². The average Bonchev–Trinajstić information content (AvgIpc) is 2.41. The van der Waals surface area contributed by atoms with Gasteiger partial charge in [0.2, 0.25) is 0 Å². The number of rotatable bonds is 0. The number of aryl methyl sites for hydroxylation is 1. The molecule has 0 amide bonds. The second-order valence-electron chi connectivity index (χ2n) is 3.07. The van der Waals surface area contributed by atoms with E-state index in [-0.39, 0.29) is 5.52 Å². The van der Waals surface area contributed by atoms with Crippen LogP contribution in [0.2, 0.25) is 0 Å². The van der Waals surface area contributed by atoms with E-state index in [4.69, 9.17) is 0 Å². The summed E-state index contributed by atoms with van der Waals surface area (Å²) >= 11 is 5.19. The maximum absolute atomic E-state index is 12.6. The number of thiazole rings is 1. The summed E-state index contributed by atoms with van der Waals surface area (Å²) in [6.07, 6.45) is -4.38. The molecule has 1 aromatic heterocycles. The third kappa shape index (κ3) is 1.96. The molecule has 80 valence electrons. The van der Waals surface area contributed by atoms with Crippen molar-refractivity contribution in [1.29, 1.82) is 0 Å². The molecular weight excluding hydrogens is 243 g/mol. The van der Waals surface area contributed by atoms with Gasteiger partial charge in [-0.1, -0.05) is 0 Å². The van der Waals surface area contributed by atoms with Crippen molar-refractivity contribution >= 4 is 34.2 Å². The summed E-state index contributed by atoms with van der Waals surface area (Å²) in [5.41, 5.74) is -0.697. The standard InChI is InChI=1S/C9H6F3NS2/c1-4-13-8-6(9(10,11)12)2-5(14)3-7(8)15-4/h2-3,14H,1H3. The fourth-order valence-electron chi connectivity index (χ4n) is 1.34. The summed E-state index contributed by atoms with van der Waals surface area (Å²) in [4.78, 5) is 4.19. The lowest BCUT2D eigenvalue weighted by molar-refractivity contribution is -0.136. The SMILES string of the molecule is Cc1nc2c(C(F)(F)F)cc(S)cc2s1. The number of halogens is 3.